The zero-order valence-electron chi connectivity index (χ0n) is 10.1. The van der Waals surface area contributed by atoms with Crippen molar-refractivity contribution in [2.45, 2.75) is 26.4 Å². The van der Waals surface area contributed by atoms with Gasteiger partial charge in [-0.05, 0) is 18.6 Å². The molecule has 2 aromatic rings. The Bertz CT molecular complexity index is 581. The summed E-state index contributed by atoms with van der Waals surface area (Å²) in [6, 6.07) is 3.68. The summed E-state index contributed by atoms with van der Waals surface area (Å²) in [5.74, 6) is -1.27. The average molecular weight is 252 g/mol. The molecule has 0 bridgehead atoms. The standard InChI is InChI=1S/C13H14F2N2O/c1-2-6-16-7-8-17(13(16)18)9-10-11(14)4-3-5-12(10)15/h3-5,7-8H,2,6,9H2,1H3. The molecule has 0 spiro atoms. The lowest BCUT2D eigenvalue weighted by Gasteiger charge is -2.05. The molecule has 2 rings (SSSR count). The van der Waals surface area contributed by atoms with Gasteiger partial charge in [-0.1, -0.05) is 13.0 Å². The van der Waals surface area contributed by atoms with Crippen molar-refractivity contribution in [3.63, 3.8) is 0 Å². The Hall–Kier alpha value is -1.91. The van der Waals surface area contributed by atoms with Crippen molar-refractivity contribution in [2.24, 2.45) is 0 Å². The molecule has 0 atom stereocenters. The van der Waals surface area contributed by atoms with Gasteiger partial charge in [-0.3, -0.25) is 9.13 Å². The molecule has 96 valence electrons. The minimum absolute atomic E-state index is 0.0890. The van der Waals surface area contributed by atoms with Crippen LogP contribution in [-0.4, -0.2) is 9.13 Å². The molecule has 1 aromatic carbocycles. The molecular formula is C13H14F2N2O. The minimum Gasteiger partial charge on any atom is -0.299 e. The lowest BCUT2D eigenvalue weighted by Crippen LogP contribution is -2.25. The topological polar surface area (TPSA) is 26.9 Å². The summed E-state index contributed by atoms with van der Waals surface area (Å²) in [6.07, 6.45) is 4.01. The molecule has 0 fully saturated rings. The fourth-order valence-corrected chi connectivity index (χ4v) is 1.84. The van der Waals surface area contributed by atoms with Crippen LogP contribution in [0.15, 0.2) is 35.4 Å². The molecule has 0 aliphatic heterocycles. The highest BCUT2D eigenvalue weighted by atomic mass is 19.1. The van der Waals surface area contributed by atoms with Gasteiger partial charge < -0.3 is 0 Å². The molecule has 18 heavy (non-hydrogen) atoms. The summed E-state index contributed by atoms with van der Waals surface area (Å²) in [5, 5.41) is 0. The Morgan fingerprint density at radius 1 is 1.11 bits per heavy atom. The van der Waals surface area contributed by atoms with Gasteiger partial charge in [0.25, 0.3) is 0 Å². The van der Waals surface area contributed by atoms with Crippen molar-refractivity contribution in [1.29, 1.82) is 0 Å². The van der Waals surface area contributed by atoms with E-state index in [-0.39, 0.29) is 17.8 Å². The van der Waals surface area contributed by atoms with E-state index >= 15 is 0 Å². The third kappa shape index (κ3) is 2.34. The van der Waals surface area contributed by atoms with Crippen molar-refractivity contribution in [1.82, 2.24) is 9.13 Å². The van der Waals surface area contributed by atoms with E-state index in [4.69, 9.17) is 0 Å². The maximum atomic E-state index is 13.5. The molecule has 1 aromatic heterocycles. The number of aromatic nitrogens is 2. The number of nitrogens with zero attached hydrogens (tertiary/aromatic N) is 2. The molecule has 0 unspecified atom stereocenters. The fourth-order valence-electron chi connectivity index (χ4n) is 1.84. The lowest BCUT2D eigenvalue weighted by molar-refractivity contribution is 0.537. The molecular weight excluding hydrogens is 238 g/mol. The summed E-state index contributed by atoms with van der Waals surface area (Å²) in [6.45, 7) is 2.47. The Balaban J connectivity index is 2.32. The van der Waals surface area contributed by atoms with E-state index in [1.54, 1.807) is 12.4 Å². The maximum absolute atomic E-state index is 13.5. The number of aryl methyl sites for hydroxylation is 1. The Morgan fingerprint density at radius 2 is 1.72 bits per heavy atom. The monoisotopic (exact) mass is 252 g/mol. The molecule has 0 amide bonds. The zero-order valence-corrected chi connectivity index (χ0v) is 10.1. The van der Waals surface area contributed by atoms with Crippen LogP contribution in [0.4, 0.5) is 8.78 Å². The summed E-state index contributed by atoms with van der Waals surface area (Å²) in [5.41, 5.74) is -0.339. The quantitative estimate of drug-likeness (QED) is 0.820. The molecule has 3 nitrogen and oxygen atoms in total. The van der Waals surface area contributed by atoms with Crippen LogP contribution in [0.2, 0.25) is 0 Å². The van der Waals surface area contributed by atoms with Gasteiger partial charge in [0.2, 0.25) is 0 Å². The van der Waals surface area contributed by atoms with Gasteiger partial charge in [0, 0.05) is 24.5 Å². The largest absolute Gasteiger partial charge is 0.328 e. The SMILES string of the molecule is CCCn1ccn(Cc2c(F)cccc2F)c1=O. The summed E-state index contributed by atoms with van der Waals surface area (Å²) >= 11 is 0. The van der Waals surface area contributed by atoms with Crippen LogP contribution in [0.1, 0.15) is 18.9 Å². The normalized spacial score (nSPS) is 10.8. The van der Waals surface area contributed by atoms with Gasteiger partial charge in [-0.2, -0.15) is 0 Å². The first-order chi connectivity index (χ1) is 8.63. The van der Waals surface area contributed by atoms with Crippen LogP contribution < -0.4 is 5.69 Å². The number of benzene rings is 1. The molecule has 0 saturated carbocycles. The van der Waals surface area contributed by atoms with Gasteiger partial charge in [0.05, 0.1) is 6.54 Å². The van der Waals surface area contributed by atoms with Crippen molar-refractivity contribution < 1.29 is 8.78 Å². The van der Waals surface area contributed by atoms with Crippen LogP contribution in [-0.2, 0) is 13.1 Å². The summed E-state index contributed by atoms with van der Waals surface area (Å²) < 4.78 is 29.8. The highest BCUT2D eigenvalue weighted by Gasteiger charge is 2.11. The van der Waals surface area contributed by atoms with Crippen LogP contribution in [0, 0.1) is 11.6 Å². The van der Waals surface area contributed by atoms with Gasteiger partial charge in [0.1, 0.15) is 11.6 Å². The second-order valence-corrected chi connectivity index (χ2v) is 4.10. The number of hydrogen-bond acceptors (Lipinski definition) is 1. The van der Waals surface area contributed by atoms with Gasteiger partial charge in [-0.25, -0.2) is 13.6 Å². The average Bonchev–Trinajstić information content (AvgIpc) is 2.67. The highest BCUT2D eigenvalue weighted by molar-refractivity contribution is 5.20. The predicted octanol–water partition coefficient (Wildman–Crippen LogP) is 2.39. The first-order valence-electron chi connectivity index (χ1n) is 5.82. The van der Waals surface area contributed by atoms with Crippen LogP contribution in [0.25, 0.3) is 0 Å². The van der Waals surface area contributed by atoms with E-state index in [1.165, 1.54) is 27.3 Å². The highest BCUT2D eigenvalue weighted by Crippen LogP contribution is 2.12. The zero-order chi connectivity index (χ0) is 13.1. The minimum atomic E-state index is -0.634. The van der Waals surface area contributed by atoms with Crippen LogP contribution in [0.3, 0.4) is 0 Å². The summed E-state index contributed by atoms with van der Waals surface area (Å²) in [4.78, 5) is 11.9. The van der Waals surface area contributed by atoms with E-state index in [2.05, 4.69) is 0 Å². The molecule has 0 saturated heterocycles. The Morgan fingerprint density at radius 3 is 2.33 bits per heavy atom. The predicted molar refractivity (Wildman–Crippen MR) is 64.4 cm³/mol. The third-order valence-corrected chi connectivity index (χ3v) is 2.77. The van der Waals surface area contributed by atoms with Gasteiger partial charge in [-0.15, -0.1) is 0 Å². The van der Waals surface area contributed by atoms with Gasteiger partial charge >= 0.3 is 5.69 Å². The van der Waals surface area contributed by atoms with Crippen molar-refractivity contribution >= 4 is 0 Å². The van der Waals surface area contributed by atoms with E-state index in [0.717, 1.165) is 6.42 Å². The number of imidazole rings is 1. The second kappa shape index (κ2) is 5.16. The summed E-state index contributed by atoms with van der Waals surface area (Å²) in [7, 11) is 0. The van der Waals surface area contributed by atoms with E-state index in [0.29, 0.717) is 6.54 Å². The van der Waals surface area contributed by atoms with Gasteiger partial charge in [0.15, 0.2) is 0 Å². The fraction of sp³-hybridized carbons (Fsp3) is 0.308. The molecule has 5 heteroatoms. The third-order valence-electron chi connectivity index (χ3n) is 2.77. The Labute approximate surface area is 103 Å². The Kier molecular flexibility index (Phi) is 3.60. The van der Waals surface area contributed by atoms with Crippen molar-refractivity contribution in [3.05, 3.63) is 58.3 Å². The molecule has 0 aliphatic carbocycles. The van der Waals surface area contributed by atoms with E-state index < -0.39 is 11.6 Å². The molecule has 0 N–H and O–H groups in total. The van der Waals surface area contributed by atoms with Crippen molar-refractivity contribution in [3.8, 4) is 0 Å². The van der Waals surface area contributed by atoms with E-state index in [9.17, 15) is 13.6 Å². The first-order valence-corrected chi connectivity index (χ1v) is 5.82. The molecule has 0 radical (unpaired) electrons. The smallest absolute Gasteiger partial charge is 0.299 e. The number of halogens is 2. The van der Waals surface area contributed by atoms with Crippen LogP contribution in [0.5, 0.6) is 0 Å². The van der Waals surface area contributed by atoms with Crippen LogP contribution >= 0.6 is 0 Å². The number of hydrogen-bond donors (Lipinski definition) is 0. The van der Waals surface area contributed by atoms with E-state index in [1.807, 2.05) is 6.92 Å². The van der Waals surface area contributed by atoms with Crippen molar-refractivity contribution in [2.75, 3.05) is 0 Å². The first kappa shape index (κ1) is 12.5. The maximum Gasteiger partial charge on any atom is 0.328 e. The molecule has 0 aliphatic rings. The second-order valence-electron chi connectivity index (χ2n) is 4.10. The lowest BCUT2D eigenvalue weighted by atomic mass is 10.2. The molecule has 1 heterocycles. The number of rotatable bonds is 4.